The van der Waals surface area contributed by atoms with Crippen LogP contribution in [0.2, 0.25) is 0 Å². The number of hydrogen-bond acceptors (Lipinski definition) is 3. The van der Waals surface area contributed by atoms with Crippen LogP contribution < -0.4 is 10.2 Å². The van der Waals surface area contributed by atoms with Crippen LogP contribution >= 0.6 is 15.9 Å². The van der Waals surface area contributed by atoms with Crippen molar-refractivity contribution in [3.05, 3.63) is 22.8 Å². The van der Waals surface area contributed by atoms with Gasteiger partial charge in [-0.25, -0.2) is 4.79 Å². The Kier molecular flexibility index (Phi) is 2.78. The third-order valence-electron chi connectivity index (χ3n) is 3.06. The van der Waals surface area contributed by atoms with E-state index in [0.29, 0.717) is 18.7 Å². The number of nitrogens with one attached hydrogen (secondary N) is 1. The molecular formula is C12H11BrN4O2. The molecule has 1 saturated heterocycles. The van der Waals surface area contributed by atoms with Gasteiger partial charge < -0.3 is 0 Å². The second kappa shape index (κ2) is 4.34. The number of rotatable bonds is 1. The lowest BCUT2D eigenvalue weighted by Crippen LogP contribution is -2.49. The van der Waals surface area contributed by atoms with E-state index in [1.54, 1.807) is 9.58 Å². The minimum Gasteiger partial charge on any atom is -0.291 e. The standard InChI is InChI=1S/C12H11BrN4O2/c1-16-6-7-8(13)2-3-9(11(7)15-16)17-5-4-10(18)14-12(17)19/h2-3,6H,4-5H2,1H3,(H,14,18,19). The van der Waals surface area contributed by atoms with Crippen LogP contribution in [0.1, 0.15) is 6.42 Å². The topological polar surface area (TPSA) is 67.2 Å². The molecule has 2 heterocycles. The summed E-state index contributed by atoms with van der Waals surface area (Å²) in [4.78, 5) is 24.6. The van der Waals surface area contributed by atoms with Gasteiger partial charge in [-0.3, -0.25) is 19.7 Å². The molecule has 1 aromatic carbocycles. The van der Waals surface area contributed by atoms with E-state index in [1.165, 1.54) is 0 Å². The van der Waals surface area contributed by atoms with Crippen molar-refractivity contribution >= 4 is 44.5 Å². The molecule has 3 amide bonds. The molecular weight excluding hydrogens is 312 g/mol. The summed E-state index contributed by atoms with van der Waals surface area (Å²) < 4.78 is 2.62. The van der Waals surface area contributed by atoms with Crippen LogP contribution in [-0.4, -0.2) is 28.3 Å². The van der Waals surface area contributed by atoms with Crippen LogP contribution in [0, 0.1) is 0 Å². The van der Waals surface area contributed by atoms with Crippen molar-refractivity contribution in [1.82, 2.24) is 15.1 Å². The summed E-state index contributed by atoms with van der Waals surface area (Å²) in [6.45, 7) is 0.373. The second-order valence-corrected chi connectivity index (χ2v) is 5.24. The quantitative estimate of drug-likeness (QED) is 0.870. The highest BCUT2D eigenvalue weighted by atomic mass is 79.9. The average Bonchev–Trinajstić information content (AvgIpc) is 2.73. The third-order valence-corrected chi connectivity index (χ3v) is 3.75. The number of benzene rings is 1. The fourth-order valence-corrected chi connectivity index (χ4v) is 2.61. The van der Waals surface area contributed by atoms with Gasteiger partial charge in [-0.2, -0.15) is 5.10 Å². The minimum atomic E-state index is -0.398. The number of anilines is 1. The Morgan fingerprint density at radius 2 is 2.16 bits per heavy atom. The predicted molar refractivity (Wildman–Crippen MR) is 73.9 cm³/mol. The van der Waals surface area contributed by atoms with E-state index in [1.807, 2.05) is 25.4 Å². The first-order chi connectivity index (χ1) is 9.06. The maximum atomic E-state index is 11.9. The molecule has 0 saturated carbocycles. The molecule has 6 nitrogen and oxygen atoms in total. The molecule has 1 aliphatic heterocycles. The molecule has 0 radical (unpaired) electrons. The minimum absolute atomic E-state index is 0.240. The Labute approximate surface area is 117 Å². The van der Waals surface area contributed by atoms with Gasteiger partial charge in [0.25, 0.3) is 0 Å². The lowest BCUT2D eigenvalue weighted by Gasteiger charge is -2.26. The number of carbonyl (C=O) groups excluding carboxylic acids is 2. The zero-order chi connectivity index (χ0) is 13.6. The van der Waals surface area contributed by atoms with E-state index in [2.05, 4.69) is 26.3 Å². The third kappa shape index (κ3) is 1.99. The summed E-state index contributed by atoms with van der Waals surface area (Å²) in [6, 6.07) is 3.31. The van der Waals surface area contributed by atoms with E-state index >= 15 is 0 Å². The summed E-state index contributed by atoms with van der Waals surface area (Å²) in [7, 11) is 1.83. The largest absolute Gasteiger partial charge is 0.328 e. The highest BCUT2D eigenvalue weighted by Gasteiger charge is 2.26. The van der Waals surface area contributed by atoms with Crippen LogP contribution in [0.25, 0.3) is 10.9 Å². The van der Waals surface area contributed by atoms with Crippen LogP contribution in [0.15, 0.2) is 22.8 Å². The van der Waals surface area contributed by atoms with Crippen molar-refractivity contribution in [2.24, 2.45) is 7.05 Å². The van der Waals surface area contributed by atoms with Gasteiger partial charge in [-0.05, 0) is 12.1 Å². The summed E-state index contributed by atoms with van der Waals surface area (Å²) in [6.07, 6.45) is 2.19. The van der Waals surface area contributed by atoms with Gasteiger partial charge in [0.1, 0.15) is 5.52 Å². The first-order valence-corrected chi connectivity index (χ1v) is 6.59. The van der Waals surface area contributed by atoms with Gasteiger partial charge >= 0.3 is 6.03 Å². The summed E-state index contributed by atoms with van der Waals surface area (Å²) >= 11 is 3.47. The highest BCUT2D eigenvalue weighted by molar-refractivity contribution is 9.10. The Morgan fingerprint density at radius 3 is 2.89 bits per heavy atom. The molecule has 0 aliphatic carbocycles. The highest BCUT2D eigenvalue weighted by Crippen LogP contribution is 2.31. The number of fused-ring (bicyclic) bond motifs is 1. The Hall–Kier alpha value is -1.89. The van der Waals surface area contributed by atoms with Crippen molar-refractivity contribution in [3.63, 3.8) is 0 Å². The molecule has 98 valence electrons. The zero-order valence-electron chi connectivity index (χ0n) is 10.2. The molecule has 7 heteroatoms. The first-order valence-electron chi connectivity index (χ1n) is 5.79. The van der Waals surface area contributed by atoms with Gasteiger partial charge in [0.05, 0.1) is 5.69 Å². The number of amides is 3. The van der Waals surface area contributed by atoms with E-state index in [4.69, 9.17) is 0 Å². The molecule has 0 bridgehead atoms. The SMILES string of the molecule is Cn1cc2c(Br)ccc(N3CCC(=O)NC3=O)c2n1. The number of aromatic nitrogens is 2. The van der Waals surface area contributed by atoms with Crippen LogP contribution in [0.4, 0.5) is 10.5 Å². The number of aryl methyl sites for hydroxylation is 1. The molecule has 19 heavy (non-hydrogen) atoms. The normalized spacial score (nSPS) is 16.0. The van der Waals surface area contributed by atoms with Crippen LogP contribution in [0.5, 0.6) is 0 Å². The lowest BCUT2D eigenvalue weighted by molar-refractivity contribution is -0.120. The van der Waals surface area contributed by atoms with Crippen LogP contribution in [-0.2, 0) is 11.8 Å². The maximum Gasteiger partial charge on any atom is 0.328 e. The number of carbonyl (C=O) groups is 2. The first kappa shape index (κ1) is 12.2. The number of urea groups is 1. The van der Waals surface area contributed by atoms with Crippen molar-refractivity contribution in [3.8, 4) is 0 Å². The van der Waals surface area contributed by atoms with Gasteiger partial charge in [0.15, 0.2) is 0 Å². The summed E-state index contributed by atoms with van der Waals surface area (Å²) in [5.74, 6) is -0.240. The monoisotopic (exact) mass is 322 g/mol. The Bertz CT molecular complexity index is 694. The number of imide groups is 1. The Balaban J connectivity index is 2.12. The lowest BCUT2D eigenvalue weighted by atomic mass is 10.2. The molecule has 1 aliphatic rings. The van der Waals surface area contributed by atoms with Gasteiger partial charge in [-0.15, -0.1) is 0 Å². The number of nitrogens with zero attached hydrogens (tertiary/aromatic N) is 3. The summed E-state index contributed by atoms with van der Waals surface area (Å²) in [5.41, 5.74) is 1.45. The molecule has 1 aromatic heterocycles. The summed E-state index contributed by atoms with van der Waals surface area (Å²) in [5, 5.41) is 7.63. The van der Waals surface area contributed by atoms with Crippen molar-refractivity contribution in [2.45, 2.75) is 6.42 Å². The molecule has 0 atom stereocenters. The second-order valence-electron chi connectivity index (χ2n) is 4.39. The Morgan fingerprint density at radius 1 is 1.37 bits per heavy atom. The fourth-order valence-electron chi connectivity index (χ4n) is 2.19. The van der Waals surface area contributed by atoms with Crippen molar-refractivity contribution < 1.29 is 9.59 Å². The van der Waals surface area contributed by atoms with Gasteiger partial charge in [0.2, 0.25) is 5.91 Å². The van der Waals surface area contributed by atoms with Crippen LogP contribution in [0.3, 0.4) is 0 Å². The predicted octanol–water partition coefficient (Wildman–Crippen LogP) is 1.78. The smallest absolute Gasteiger partial charge is 0.291 e. The number of halogens is 1. The van der Waals surface area contributed by atoms with E-state index in [-0.39, 0.29) is 5.91 Å². The molecule has 1 fully saturated rings. The molecule has 0 unspecified atom stereocenters. The van der Waals surface area contributed by atoms with E-state index in [9.17, 15) is 9.59 Å². The zero-order valence-corrected chi connectivity index (χ0v) is 11.8. The number of hydrogen-bond donors (Lipinski definition) is 1. The van der Waals surface area contributed by atoms with Crippen molar-refractivity contribution in [2.75, 3.05) is 11.4 Å². The molecule has 1 N–H and O–H groups in total. The molecule has 0 spiro atoms. The average molecular weight is 323 g/mol. The van der Waals surface area contributed by atoms with Gasteiger partial charge in [0, 0.05) is 36.1 Å². The molecule has 2 aromatic rings. The fraction of sp³-hybridized carbons (Fsp3) is 0.250. The molecule has 3 rings (SSSR count). The van der Waals surface area contributed by atoms with Crippen molar-refractivity contribution in [1.29, 1.82) is 0 Å². The van der Waals surface area contributed by atoms with E-state index < -0.39 is 6.03 Å². The maximum absolute atomic E-state index is 11.9. The van der Waals surface area contributed by atoms with Gasteiger partial charge in [-0.1, -0.05) is 15.9 Å². The van der Waals surface area contributed by atoms with E-state index in [0.717, 1.165) is 15.4 Å².